The molecule has 0 saturated carbocycles. The first-order chi connectivity index (χ1) is 15.7. The highest BCUT2D eigenvalue weighted by molar-refractivity contribution is 6.32. The molecule has 4 aromatic rings. The first-order valence-corrected chi connectivity index (χ1v) is 10.1. The highest BCUT2D eigenvalue weighted by Crippen LogP contribution is 2.37. The predicted molar refractivity (Wildman–Crippen MR) is 114 cm³/mol. The van der Waals surface area contributed by atoms with E-state index in [4.69, 9.17) is 22.1 Å². The largest absolute Gasteiger partial charge is 0.489 e. The third-order valence-electron chi connectivity index (χ3n) is 4.98. The van der Waals surface area contributed by atoms with Gasteiger partial charge in [-0.15, -0.1) is 5.10 Å². The summed E-state index contributed by atoms with van der Waals surface area (Å²) in [6.07, 6.45) is -1.58. The van der Waals surface area contributed by atoms with Crippen molar-refractivity contribution in [3.05, 3.63) is 76.9 Å². The maximum Gasteiger partial charge on any atom is 0.280 e. The van der Waals surface area contributed by atoms with Gasteiger partial charge >= 0.3 is 0 Å². The van der Waals surface area contributed by atoms with E-state index in [2.05, 4.69) is 10.1 Å². The molecule has 33 heavy (non-hydrogen) atoms. The minimum atomic E-state index is -3.61. The molecule has 0 bridgehead atoms. The SMILES string of the molecule is Nc1nc2cc(-c3ccc(Cl)c(OCCC(F)(F)C(O)c4ccc(F)cc4)c3F)ccn2n1. The monoisotopic (exact) mass is 480 g/mol. The highest BCUT2D eigenvalue weighted by atomic mass is 35.5. The summed E-state index contributed by atoms with van der Waals surface area (Å²) in [7, 11) is 0. The molecule has 3 N–H and O–H groups in total. The number of benzene rings is 2. The number of fused-ring (bicyclic) bond motifs is 1. The minimum Gasteiger partial charge on any atom is -0.489 e. The molecule has 0 spiro atoms. The minimum absolute atomic E-state index is 0.0523. The smallest absolute Gasteiger partial charge is 0.280 e. The van der Waals surface area contributed by atoms with E-state index < -0.39 is 42.4 Å². The molecule has 172 valence electrons. The molecule has 4 rings (SSSR count). The van der Waals surface area contributed by atoms with Gasteiger partial charge in [0.15, 0.2) is 17.2 Å². The van der Waals surface area contributed by atoms with Crippen molar-refractivity contribution in [1.29, 1.82) is 0 Å². The summed E-state index contributed by atoms with van der Waals surface area (Å²) in [5, 5.41) is 13.8. The van der Waals surface area contributed by atoms with E-state index in [0.29, 0.717) is 11.2 Å². The molecule has 0 amide bonds. The van der Waals surface area contributed by atoms with E-state index in [-0.39, 0.29) is 22.1 Å². The zero-order chi connectivity index (χ0) is 23.8. The van der Waals surface area contributed by atoms with E-state index in [1.807, 2.05) is 0 Å². The summed E-state index contributed by atoms with van der Waals surface area (Å²) in [5.74, 6) is -5.42. The summed E-state index contributed by atoms with van der Waals surface area (Å²) < 4.78 is 63.7. The van der Waals surface area contributed by atoms with Crippen LogP contribution in [-0.4, -0.2) is 32.2 Å². The maximum atomic E-state index is 15.2. The Morgan fingerprint density at radius 3 is 2.58 bits per heavy atom. The van der Waals surface area contributed by atoms with Gasteiger partial charge in [0.05, 0.1) is 11.6 Å². The first kappa shape index (κ1) is 22.8. The Bertz CT molecular complexity index is 1300. The lowest BCUT2D eigenvalue weighted by Gasteiger charge is -2.23. The summed E-state index contributed by atoms with van der Waals surface area (Å²) in [6.45, 7) is -0.634. The average molecular weight is 481 g/mol. The lowest BCUT2D eigenvalue weighted by Crippen LogP contribution is -2.28. The average Bonchev–Trinajstić information content (AvgIpc) is 3.15. The number of alkyl halides is 2. The topological polar surface area (TPSA) is 85.7 Å². The van der Waals surface area contributed by atoms with Gasteiger partial charge in [-0.25, -0.2) is 22.1 Å². The Morgan fingerprint density at radius 1 is 1.12 bits per heavy atom. The van der Waals surface area contributed by atoms with Gasteiger partial charge in [-0.1, -0.05) is 23.7 Å². The van der Waals surface area contributed by atoms with Crippen LogP contribution in [0.1, 0.15) is 18.1 Å². The second-order valence-electron chi connectivity index (χ2n) is 7.24. The summed E-state index contributed by atoms with van der Waals surface area (Å²) in [6, 6.07) is 9.99. The number of hydrogen-bond donors (Lipinski definition) is 2. The van der Waals surface area contributed by atoms with Gasteiger partial charge in [-0.05, 0) is 47.5 Å². The molecular weight excluding hydrogens is 464 g/mol. The number of nitrogens with zero attached hydrogens (tertiary/aromatic N) is 3. The van der Waals surface area contributed by atoms with Crippen molar-refractivity contribution < 1.29 is 27.4 Å². The van der Waals surface area contributed by atoms with Crippen molar-refractivity contribution in [1.82, 2.24) is 14.6 Å². The van der Waals surface area contributed by atoms with Crippen molar-refractivity contribution in [3.63, 3.8) is 0 Å². The summed E-state index contributed by atoms with van der Waals surface area (Å²) in [5.41, 5.74) is 6.32. The van der Waals surface area contributed by atoms with E-state index >= 15 is 4.39 Å². The first-order valence-electron chi connectivity index (χ1n) is 9.70. The Morgan fingerprint density at radius 2 is 1.85 bits per heavy atom. The number of hydrogen-bond acceptors (Lipinski definition) is 5. The normalized spacial score (nSPS) is 12.8. The molecule has 1 atom stereocenters. The quantitative estimate of drug-likeness (QED) is 0.362. The lowest BCUT2D eigenvalue weighted by molar-refractivity contribution is -0.120. The van der Waals surface area contributed by atoms with Crippen LogP contribution in [0.5, 0.6) is 5.75 Å². The van der Waals surface area contributed by atoms with Gasteiger partial charge in [-0.2, -0.15) is 4.98 Å². The number of nitrogens with two attached hydrogens (primary N) is 1. The van der Waals surface area contributed by atoms with Crippen molar-refractivity contribution >= 4 is 23.2 Å². The van der Waals surface area contributed by atoms with Gasteiger partial charge in [0.1, 0.15) is 11.9 Å². The van der Waals surface area contributed by atoms with Crippen LogP contribution in [0, 0.1) is 11.6 Å². The number of halogens is 5. The van der Waals surface area contributed by atoms with Gasteiger partial charge in [0.25, 0.3) is 5.92 Å². The summed E-state index contributed by atoms with van der Waals surface area (Å²) >= 11 is 6.03. The van der Waals surface area contributed by atoms with Crippen molar-refractivity contribution in [2.45, 2.75) is 18.4 Å². The molecule has 2 aromatic heterocycles. The fourth-order valence-corrected chi connectivity index (χ4v) is 3.47. The Hall–Kier alpha value is -3.37. The maximum absolute atomic E-state index is 15.2. The summed E-state index contributed by atoms with van der Waals surface area (Å²) in [4.78, 5) is 4.01. The van der Waals surface area contributed by atoms with Crippen molar-refractivity contribution in [3.8, 4) is 16.9 Å². The van der Waals surface area contributed by atoms with Gasteiger partial charge in [0, 0.05) is 18.2 Å². The molecule has 0 aliphatic carbocycles. The number of ether oxygens (including phenoxy) is 1. The predicted octanol–water partition coefficient (Wildman–Crippen LogP) is 5.05. The molecule has 11 heteroatoms. The van der Waals surface area contributed by atoms with Crippen molar-refractivity contribution in [2.24, 2.45) is 0 Å². The number of anilines is 1. The fraction of sp³-hybridized carbons (Fsp3) is 0.182. The van der Waals surface area contributed by atoms with Crippen LogP contribution in [0.3, 0.4) is 0 Å². The third-order valence-corrected chi connectivity index (χ3v) is 5.28. The molecule has 0 fully saturated rings. The number of rotatable bonds is 7. The molecule has 2 heterocycles. The van der Waals surface area contributed by atoms with E-state index in [1.54, 1.807) is 18.3 Å². The molecule has 2 aromatic carbocycles. The molecular formula is C22H17ClF4N4O2. The number of nitrogen functional groups attached to an aromatic ring is 1. The van der Waals surface area contributed by atoms with Crippen LogP contribution in [0.4, 0.5) is 23.5 Å². The zero-order valence-electron chi connectivity index (χ0n) is 16.9. The number of pyridine rings is 1. The second kappa shape index (κ2) is 8.87. The van der Waals surface area contributed by atoms with E-state index in [0.717, 1.165) is 24.3 Å². The molecule has 1 unspecified atom stereocenters. The molecule has 0 radical (unpaired) electrons. The van der Waals surface area contributed by atoms with E-state index in [9.17, 15) is 18.3 Å². The van der Waals surface area contributed by atoms with Gasteiger partial charge < -0.3 is 15.6 Å². The Labute approximate surface area is 190 Å². The Balaban J connectivity index is 1.51. The molecule has 0 aliphatic heterocycles. The second-order valence-corrected chi connectivity index (χ2v) is 7.65. The van der Waals surface area contributed by atoms with Gasteiger partial charge in [-0.3, -0.25) is 0 Å². The highest BCUT2D eigenvalue weighted by Gasteiger charge is 2.39. The number of aromatic nitrogens is 3. The lowest BCUT2D eigenvalue weighted by atomic mass is 10.0. The van der Waals surface area contributed by atoms with Crippen molar-refractivity contribution in [2.75, 3.05) is 12.3 Å². The number of aliphatic hydroxyl groups excluding tert-OH is 1. The zero-order valence-corrected chi connectivity index (χ0v) is 17.6. The Kier molecular flexibility index (Phi) is 6.13. The fourth-order valence-electron chi connectivity index (χ4n) is 3.27. The molecule has 6 nitrogen and oxygen atoms in total. The van der Waals surface area contributed by atoms with Gasteiger partial charge in [0.2, 0.25) is 5.95 Å². The standard InChI is InChI=1S/C22H17ClF4N4O2/c23-16-6-5-15(13-7-9-31-17(11-13)29-21(28)30-31)18(25)19(16)33-10-8-22(26,27)20(32)12-1-3-14(24)4-2-12/h1-7,9,11,20,32H,8,10H2,(H2,28,30). The molecule has 0 aliphatic rings. The molecule has 0 saturated heterocycles. The van der Waals surface area contributed by atoms with Crippen LogP contribution >= 0.6 is 11.6 Å². The van der Waals surface area contributed by atoms with Crippen LogP contribution in [0.25, 0.3) is 16.8 Å². The van der Waals surface area contributed by atoms with Crippen LogP contribution in [0.2, 0.25) is 5.02 Å². The van der Waals surface area contributed by atoms with E-state index in [1.165, 1.54) is 16.6 Å². The third kappa shape index (κ3) is 4.71. The van der Waals surface area contributed by atoms with Crippen LogP contribution in [0.15, 0.2) is 54.7 Å². The number of aliphatic hydroxyl groups is 1. The van der Waals surface area contributed by atoms with Crippen LogP contribution < -0.4 is 10.5 Å². The van der Waals surface area contributed by atoms with Crippen LogP contribution in [-0.2, 0) is 0 Å².